The molecule has 1 heterocycles. The molecule has 0 radical (unpaired) electrons. The van der Waals surface area contributed by atoms with Gasteiger partial charge in [0.05, 0.1) is 0 Å². The Hall–Kier alpha value is -2.48. The first-order valence-corrected chi connectivity index (χ1v) is 10.9. The van der Waals surface area contributed by atoms with Crippen LogP contribution in [0, 0.1) is 0 Å². The lowest BCUT2D eigenvalue weighted by molar-refractivity contribution is 0.0299. The average molecular weight is 466 g/mol. The highest BCUT2D eigenvalue weighted by Gasteiger charge is 2.22. The number of benzene rings is 2. The number of piperidine rings is 1. The van der Waals surface area contributed by atoms with E-state index in [0.717, 1.165) is 25.9 Å². The van der Waals surface area contributed by atoms with E-state index in [1.807, 2.05) is 0 Å². The minimum absolute atomic E-state index is 0.0775. The summed E-state index contributed by atoms with van der Waals surface area (Å²) in [5.74, 6) is 0. The maximum atomic E-state index is 12.4. The lowest BCUT2D eigenvalue weighted by atomic mass is 10.1. The second-order valence-corrected chi connectivity index (χ2v) is 8.13. The van der Waals surface area contributed by atoms with Crippen molar-refractivity contribution in [3.05, 3.63) is 58.6 Å². The zero-order chi connectivity index (χ0) is 22.1. The van der Waals surface area contributed by atoms with Crippen LogP contribution < -0.4 is 10.6 Å². The van der Waals surface area contributed by atoms with Crippen LogP contribution in [0.1, 0.15) is 19.3 Å². The van der Waals surface area contributed by atoms with E-state index >= 15 is 0 Å². The van der Waals surface area contributed by atoms with Gasteiger partial charge in [0.15, 0.2) is 6.10 Å². The van der Waals surface area contributed by atoms with Gasteiger partial charge in [0.25, 0.3) is 0 Å². The number of nitrogens with zero attached hydrogens (tertiary/aromatic N) is 1. The van der Waals surface area contributed by atoms with Crippen molar-refractivity contribution in [1.82, 2.24) is 4.90 Å². The highest BCUT2D eigenvalue weighted by Crippen LogP contribution is 2.17. The second-order valence-electron chi connectivity index (χ2n) is 7.26. The van der Waals surface area contributed by atoms with Gasteiger partial charge in [-0.15, -0.1) is 0 Å². The zero-order valence-corrected chi connectivity index (χ0v) is 18.5. The van der Waals surface area contributed by atoms with Gasteiger partial charge in [-0.1, -0.05) is 41.8 Å². The molecule has 9 heteroatoms. The Balaban J connectivity index is 1.55. The fourth-order valence-corrected chi connectivity index (χ4v) is 3.69. The standard InChI is InChI=1S/C22H25Cl2N3O4/c23-16-6-4-8-18(12-16)25-21(28)30-15-20(14-27-10-2-1-3-11-27)31-22(29)26-19-9-5-7-17(24)13-19/h4-9,12-13,20H,1-3,10-11,14-15H2,(H,25,28)(H,26,29). The molecule has 1 atom stereocenters. The van der Waals surface area contributed by atoms with Gasteiger partial charge >= 0.3 is 12.2 Å². The minimum atomic E-state index is -0.648. The van der Waals surface area contributed by atoms with Crippen LogP contribution in [0.4, 0.5) is 21.0 Å². The van der Waals surface area contributed by atoms with E-state index in [1.54, 1.807) is 48.5 Å². The molecule has 1 saturated heterocycles. The van der Waals surface area contributed by atoms with E-state index in [2.05, 4.69) is 15.5 Å². The number of nitrogens with one attached hydrogen (secondary N) is 2. The van der Waals surface area contributed by atoms with Gasteiger partial charge in [-0.2, -0.15) is 0 Å². The number of ether oxygens (including phenoxy) is 2. The Morgan fingerprint density at radius 2 is 1.48 bits per heavy atom. The Labute approximate surface area is 191 Å². The Kier molecular flexibility index (Phi) is 8.82. The maximum absolute atomic E-state index is 12.4. The van der Waals surface area contributed by atoms with Crippen LogP contribution in [0.25, 0.3) is 0 Å². The predicted octanol–water partition coefficient (Wildman–Crippen LogP) is 5.65. The fraction of sp³-hybridized carbons (Fsp3) is 0.364. The molecule has 2 N–H and O–H groups in total. The molecule has 0 aromatic heterocycles. The minimum Gasteiger partial charge on any atom is -0.445 e. The molecule has 1 fully saturated rings. The molecule has 2 aromatic carbocycles. The highest BCUT2D eigenvalue weighted by molar-refractivity contribution is 6.31. The average Bonchev–Trinajstić information content (AvgIpc) is 2.73. The van der Waals surface area contributed by atoms with Crippen LogP contribution in [0.15, 0.2) is 48.5 Å². The Morgan fingerprint density at radius 3 is 2.06 bits per heavy atom. The van der Waals surface area contributed by atoms with Gasteiger partial charge in [-0.05, 0) is 62.3 Å². The van der Waals surface area contributed by atoms with Crippen molar-refractivity contribution in [2.24, 2.45) is 0 Å². The molecule has 0 spiro atoms. The van der Waals surface area contributed by atoms with Crippen LogP contribution >= 0.6 is 23.2 Å². The van der Waals surface area contributed by atoms with Crippen molar-refractivity contribution >= 4 is 46.8 Å². The van der Waals surface area contributed by atoms with Crippen molar-refractivity contribution in [3.8, 4) is 0 Å². The summed E-state index contributed by atoms with van der Waals surface area (Å²) in [5, 5.41) is 6.27. The van der Waals surface area contributed by atoms with E-state index in [0.29, 0.717) is 28.0 Å². The molecule has 166 valence electrons. The molecule has 0 saturated carbocycles. The fourth-order valence-electron chi connectivity index (χ4n) is 3.31. The number of carbonyl (C=O) groups excluding carboxylic acids is 2. The van der Waals surface area contributed by atoms with E-state index in [1.165, 1.54) is 6.42 Å². The topological polar surface area (TPSA) is 79.9 Å². The summed E-state index contributed by atoms with van der Waals surface area (Å²) in [6.07, 6.45) is 1.47. The third-order valence-corrected chi connectivity index (χ3v) is 5.20. The number of halogens is 2. The molecule has 2 aromatic rings. The lowest BCUT2D eigenvalue weighted by Crippen LogP contribution is -2.41. The number of hydrogen-bond acceptors (Lipinski definition) is 5. The quantitative estimate of drug-likeness (QED) is 0.552. The summed E-state index contributed by atoms with van der Waals surface area (Å²) in [5.41, 5.74) is 1.04. The highest BCUT2D eigenvalue weighted by atomic mass is 35.5. The summed E-state index contributed by atoms with van der Waals surface area (Å²) < 4.78 is 10.9. The van der Waals surface area contributed by atoms with Crippen molar-refractivity contribution in [3.63, 3.8) is 0 Å². The molecule has 2 amide bonds. The first-order chi connectivity index (χ1) is 15.0. The van der Waals surface area contributed by atoms with Crippen molar-refractivity contribution < 1.29 is 19.1 Å². The molecule has 1 aliphatic heterocycles. The van der Waals surface area contributed by atoms with Crippen molar-refractivity contribution in [2.75, 3.05) is 36.9 Å². The molecule has 31 heavy (non-hydrogen) atoms. The second kappa shape index (κ2) is 11.8. The Bertz CT molecular complexity index is 891. The van der Waals surface area contributed by atoms with Crippen molar-refractivity contribution in [2.45, 2.75) is 25.4 Å². The molecule has 0 aliphatic carbocycles. The summed E-state index contributed by atoms with van der Waals surface area (Å²) in [6.45, 7) is 2.24. The van der Waals surface area contributed by atoms with Gasteiger partial charge in [0, 0.05) is 28.0 Å². The van der Waals surface area contributed by atoms with Gasteiger partial charge in [-0.3, -0.25) is 15.5 Å². The van der Waals surface area contributed by atoms with Crippen molar-refractivity contribution in [1.29, 1.82) is 0 Å². The molecular formula is C22H25Cl2N3O4. The van der Waals surface area contributed by atoms with Crippen LogP contribution in [-0.4, -0.2) is 49.4 Å². The van der Waals surface area contributed by atoms with Crippen LogP contribution in [0.5, 0.6) is 0 Å². The first kappa shape index (κ1) is 23.2. The van der Waals surface area contributed by atoms with Crippen LogP contribution in [0.3, 0.4) is 0 Å². The van der Waals surface area contributed by atoms with E-state index in [9.17, 15) is 9.59 Å². The SMILES string of the molecule is O=C(Nc1cccc(Cl)c1)OCC(CN1CCCCC1)OC(=O)Nc1cccc(Cl)c1. The summed E-state index contributed by atoms with van der Waals surface area (Å²) in [4.78, 5) is 26.8. The third-order valence-electron chi connectivity index (χ3n) is 4.73. The number of likely N-dealkylation sites (tertiary alicyclic amines) is 1. The number of anilines is 2. The monoisotopic (exact) mass is 465 g/mol. The van der Waals surface area contributed by atoms with Crippen LogP contribution in [-0.2, 0) is 9.47 Å². The number of rotatable bonds is 7. The molecule has 1 unspecified atom stereocenters. The molecule has 3 rings (SSSR count). The lowest BCUT2D eigenvalue weighted by Gasteiger charge is -2.30. The van der Waals surface area contributed by atoms with E-state index < -0.39 is 18.3 Å². The third kappa shape index (κ3) is 8.28. The molecular weight excluding hydrogens is 441 g/mol. The maximum Gasteiger partial charge on any atom is 0.412 e. The first-order valence-electron chi connectivity index (χ1n) is 10.1. The summed E-state index contributed by atoms with van der Waals surface area (Å²) >= 11 is 11.9. The number of hydrogen-bond donors (Lipinski definition) is 2. The van der Waals surface area contributed by atoms with E-state index in [4.69, 9.17) is 32.7 Å². The summed E-state index contributed by atoms with van der Waals surface area (Å²) in [7, 11) is 0. The number of carbonyl (C=O) groups is 2. The molecule has 1 aliphatic rings. The van der Waals surface area contributed by atoms with Gasteiger partial charge in [0.2, 0.25) is 0 Å². The zero-order valence-electron chi connectivity index (χ0n) is 17.0. The number of amides is 2. The summed E-state index contributed by atoms with van der Waals surface area (Å²) in [6, 6.07) is 13.5. The van der Waals surface area contributed by atoms with Gasteiger partial charge < -0.3 is 9.47 Å². The largest absolute Gasteiger partial charge is 0.445 e. The van der Waals surface area contributed by atoms with E-state index in [-0.39, 0.29) is 6.61 Å². The normalized spacial score (nSPS) is 15.0. The smallest absolute Gasteiger partial charge is 0.412 e. The molecule has 7 nitrogen and oxygen atoms in total. The Morgan fingerprint density at radius 1 is 0.903 bits per heavy atom. The molecule has 0 bridgehead atoms. The van der Waals surface area contributed by atoms with Gasteiger partial charge in [0.1, 0.15) is 6.61 Å². The predicted molar refractivity (Wildman–Crippen MR) is 122 cm³/mol. The van der Waals surface area contributed by atoms with Crippen LogP contribution in [0.2, 0.25) is 10.0 Å². The van der Waals surface area contributed by atoms with Gasteiger partial charge in [-0.25, -0.2) is 9.59 Å².